The molecule has 2 heterocycles. The zero-order chi connectivity index (χ0) is 17.8. The van der Waals surface area contributed by atoms with Crippen LogP contribution in [-0.4, -0.2) is 40.0 Å². The standard InChI is InChI=1S/C19H22ClN3OS/c1-13-8-16(20)5-6-17(13)18(24)15-4-3-7-23(12-15)11-14-9-21-19(25-2)22-10-14/h5-6,8-10,15H,3-4,7,11-12H2,1-2H3. The van der Waals surface area contributed by atoms with Gasteiger partial charge >= 0.3 is 0 Å². The molecule has 132 valence electrons. The Morgan fingerprint density at radius 2 is 2.12 bits per heavy atom. The number of nitrogens with zero attached hydrogens (tertiary/aromatic N) is 3. The van der Waals surface area contributed by atoms with Gasteiger partial charge in [-0.25, -0.2) is 9.97 Å². The molecule has 25 heavy (non-hydrogen) atoms. The summed E-state index contributed by atoms with van der Waals surface area (Å²) in [6, 6.07) is 5.51. The predicted octanol–water partition coefficient (Wildman–Crippen LogP) is 4.26. The lowest BCUT2D eigenvalue weighted by atomic mass is 9.88. The fraction of sp³-hybridized carbons (Fsp3) is 0.421. The number of likely N-dealkylation sites (tertiary alicyclic amines) is 1. The molecule has 0 spiro atoms. The smallest absolute Gasteiger partial charge is 0.187 e. The van der Waals surface area contributed by atoms with E-state index in [4.69, 9.17) is 11.6 Å². The minimum atomic E-state index is 0.0417. The van der Waals surface area contributed by atoms with Crippen molar-refractivity contribution in [3.8, 4) is 0 Å². The van der Waals surface area contributed by atoms with Crippen LogP contribution in [0.15, 0.2) is 35.7 Å². The van der Waals surface area contributed by atoms with Gasteiger partial charge in [-0.1, -0.05) is 23.4 Å². The molecular formula is C19H22ClN3OS. The molecule has 0 amide bonds. The van der Waals surface area contributed by atoms with Crippen LogP contribution in [0.25, 0.3) is 0 Å². The molecule has 1 saturated heterocycles. The molecule has 6 heteroatoms. The van der Waals surface area contributed by atoms with Crippen LogP contribution in [0.1, 0.15) is 34.3 Å². The lowest BCUT2D eigenvalue weighted by molar-refractivity contribution is 0.0810. The molecule has 0 saturated carbocycles. The molecule has 0 N–H and O–H groups in total. The van der Waals surface area contributed by atoms with Crippen molar-refractivity contribution in [2.75, 3.05) is 19.3 Å². The zero-order valence-corrected chi connectivity index (χ0v) is 16.1. The number of benzene rings is 1. The van der Waals surface area contributed by atoms with Crippen molar-refractivity contribution in [3.05, 3.63) is 52.3 Å². The molecule has 2 aromatic rings. The number of halogens is 1. The van der Waals surface area contributed by atoms with Gasteiger partial charge in [0, 0.05) is 47.6 Å². The average Bonchev–Trinajstić information content (AvgIpc) is 2.62. The van der Waals surface area contributed by atoms with Crippen molar-refractivity contribution in [1.29, 1.82) is 0 Å². The maximum Gasteiger partial charge on any atom is 0.187 e. The Bertz CT molecular complexity index is 751. The van der Waals surface area contributed by atoms with Crippen LogP contribution in [0.2, 0.25) is 5.02 Å². The number of Topliss-reactive ketones (excluding diaryl/α,β-unsaturated/α-hetero) is 1. The topological polar surface area (TPSA) is 46.1 Å². The predicted molar refractivity (Wildman–Crippen MR) is 102 cm³/mol. The van der Waals surface area contributed by atoms with Gasteiger partial charge in [-0.2, -0.15) is 0 Å². The van der Waals surface area contributed by atoms with E-state index in [1.54, 1.807) is 6.07 Å². The number of carbonyl (C=O) groups is 1. The highest BCUT2D eigenvalue weighted by atomic mass is 35.5. The second kappa shape index (κ2) is 8.30. The van der Waals surface area contributed by atoms with Gasteiger partial charge in [0.1, 0.15) is 0 Å². The van der Waals surface area contributed by atoms with Crippen LogP contribution in [0.4, 0.5) is 0 Å². The van der Waals surface area contributed by atoms with E-state index in [1.165, 1.54) is 11.8 Å². The normalized spacial score (nSPS) is 18.3. The van der Waals surface area contributed by atoms with E-state index in [-0.39, 0.29) is 11.7 Å². The summed E-state index contributed by atoms with van der Waals surface area (Å²) in [5, 5.41) is 1.46. The Balaban J connectivity index is 1.66. The quantitative estimate of drug-likeness (QED) is 0.444. The summed E-state index contributed by atoms with van der Waals surface area (Å²) >= 11 is 7.55. The van der Waals surface area contributed by atoms with Crippen LogP contribution in [0.5, 0.6) is 0 Å². The van der Waals surface area contributed by atoms with Crippen molar-refractivity contribution < 1.29 is 4.79 Å². The molecule has 1 atom stereocenters. The van der Waals surface area contributed by atoms with E-state index < -0.39 is 0 Å². The summed E-state index contributed by atoms with van der Waals surface area (Å²) in [6.45, 7) is 4.53. The first kappa shape index (κ1) is 18.4. The third-order valence-corrected chi connectivity index (χ3v) is 5.41. The first-order valence-corrected chi connectivity index (χ1v) is 10.0. The van der Waals surface area contributed by atoms with E-state index in [0.717, 1.165) is 54.3 Å². The number of ketones is 1. The highest BCUT2D eigenvalue weighted by Gasteiger charge is 2.27. The second-order valence-electron chi connectivity index (χ2n) is 6.48. The Labute approximate surface area is 158 Å². The van der Waals surface area contributed by atoms with Crippen LogP contribution in [0.3, 0.4) is 0 Å². The number of hydrogen-bond donors (Lipinski definition) is 0. The summed E-state index contributed by atoms with van der Waals surface area (Å²) in [5.41, 5.74) is 2.84. The Morgan fingerprint density at radius 3 is 2.80 bits per heavy atom. The van der Waals surface area contributed by atoms with Gasteiger partial charge in [-0.15, -0.1) is 0 Å². The van der Waals surface area contributed by atoms with Crippen LogP contribution < -0.4 is 0 Å². The lowest BCUT2D eigenvalue weighted by Gasteiger charge is -2.32. The second-order valence-corrected chi connectivity index (χ2v) is 7.69. The van der Waals surface area contributed by atoms with Crippen molar-refractivity contribution in [3.63, 3.8) is 0 Å². The molecule has 3 rings (SSSR count). The lowest BCUT2D eigenvalue weighted by Crippen LogP contribution is -2.38. The molecule has 0 radical (unpaired) electrons. The van der Waals surface area contributed by atoms with Gasteiger partial charge in [0.25, 0.3) is 0 Å². The molecule has 0 bridgehead atoms. The monoisotopic (exact) mass is 375 g/mol. The number of aromatic nitrogens is 2. The summed E-state index contributed by atoms with van der Waals surface area (Å²) in [5.74, 6) is 0.271. The minimum Gasteiger partial charge on any atom is -0.298 e. The highest BCUT2D eigenvalue weighted by molar-refractivity contribution is 7.98. The third kappa shape index (κ3) is 4.60. The minimum absolute atomic E-state index is 0.0417. The number of aryl methyl sites for hydroxylation is 1. The third-order valence-electron chi connectivity index (χ3n) is 4.60. The summed E-state index contributed by atoms with van der Waals surface area (Å²) in [7, 11) is 0. The largest absolute Gasteiger partial charge is 0.298 e. The first-order chi connectivity index (χ1) is 12.1. The van der Waals surface area contributed by atoms with Gasteiger partial charge in [0.2, 0.25) is 0 Å². The first-order valence-electron chi connectivity index (χ1n) is 8.44. The molecule has 0 aliphatic carbocycles. The molecule has 4 nitrogen and oxygen atoms in total. The number of hydrogen-bond acceptors (Lipinski definition) is 5. The molecule has 1 aliphatic heterocycles. The fourth-order valence-corrected chi connectivity index (χ4v) is 3.87. The maximum absolute atomic E-state index is 12.9. The summed E-state index contributed by atoms with van der Waals surface area (Å²) < 4.78 is 0. The van der Waals surface area contributed by atoms with Gasteiger partial charge in [0.15, 0.2) is 10.9 Å². The molecular weight excluding hydrogens is 354 g/mol. The van der Waals surface area contributed by atoms with Gasteiger partial charge < -0.3 is 0 Å². The van der Waals surface area contributed by atoms with E-state index in [9.17, 15) is 4.79 Å². The van der Waals surface area contributed by atoms with Gasteiger partial charge in [0.05, 0.1) is 0 Å². The number of rotatable bonds is 5. The molecule has 1 fully saturated rings. The Hall–Kier alpha value is -1.43. The van der Waals surface area contributed by atoms with Crippen LogP contribution in [0, 0.1) is 12.8 Å². The highest BCUT2D eigenvalue weighted by Crippen LogP contribution is 2.25. The molecule has 1 aromatic carbocycles. The van der Waals surface area contributed by atoms with Crippen LogP contribution >= 0.6 is 23.4 Å². The van der Waals surface area contributed by atoms with Gasteiger partial charge in [-0.3, -0.25) is 9.69 Å². The van der Waals surface area contributed by atoms with Crippen molar-refractivity contribution in [2.45, 2.75) is 31.5 Å². The SMILES string of the molecule is CSc1ncc(CN2CCCC(C(=O)c3ccc(Cl)cc3C)C2)cn1. The fourth-order valence-electron chi connectivity index (χ4n) is 3.32. The van der Waals surface area contributed by atoms with Crippen LogP contribution in [-0.2, 0) is 6.54 Å². The molecule has 1 unspecified atom stereocenters. The zero-order valence-electron chi connectivity index (χ0n) is 14.5. The maximum atomic E-state index is 12.9. The van der Waals surface area contributed by atoms with E-state index in [2.05, 4.69) is 14.9 Å². The number of thioether (sulfide) groups is 1. The van der Waals surface area contributed by atoms with E-state index >= 15 is 0 Å². The average molecular weight is 376 g/mol. The molecule has 1 aliphatic rings. The molecule has 1 aromatic heterocycles. The summed E-state index contributed by atoms with van der Waals surface area (Å²) in [6.07, 6.45) is 7.71. The Kier molecular flexibility index (Phi) is 6.10. The van der Waals surface area contributed by atoms with Crippen molar-refractivity contribution in [2.24, 2.45) is 5.92 Å². The number of piperidine rings is 1. The van der Waals surface area contributed by atoms with Gasteiger partial charge in [-0.05, 0) is 56.3 Å². The van der Waals surface area contributed by atoms with Crippen molar-refractivity contribution >= 4 is 29.1 Å². The van der Waals surface area contributed by atoms with E-state index in [0.29, 0.717) is 5.02 Å². The van der Waals surface area contributed by atoms with E-state index in [1.807, 2.05) is 37.7 Å². The van der Waals surface area contributed by atoms with Crippen molar-refractivity contribution in [1.82, 2.24) is 14.9 Å². The number of carbonyl (C=O) groups excluding carboxylic acids is 1. The summed E-state index contributed by atoms with van der Waals surface area (Å²) in [4.78, 5) is 23.9. The Morgan fingerprint density at radius 1 is 1.36 bits per heavy atom.